The number of nitrogens with zero attached hydrogens (tertiary/aromatic N) is 5. The fourth-order valence-corrected chi connectivity index (χ4v) is 2.48. The Kier molecular flexibility index (Phi) is 3.66. The topological polar surface area (TPSA) is 37.2 Å². The zero-order valence-electron chi connectivity index (χ0n) is 10.6. The van der Waals surface area contributed by atoms with Crippen LogP contribution in [-0.2, 0) is 6.67 Å². The SMILES string of the molecule is Clc1cnn(CN2CCN(c3ccncc3)CC2)c1. The quantitative estimate of drug-likeness (QED) is 0.856. The molecular weight excluding hydrogens is 262 g/mol. The maximum atomic E-state index is 5.87. The van der Waals surface area contributed by atoms with Crippen LogP contribution in [0.2, 0.25) is 5.02 Å². The highest BCUT2D eigenvalue weighted by atomic mass is 35.5. The Hall–Kier alpha value is -1.59. The summed E-state index contributed by atoms with van der Waals surface area (Å²) in [4.78, 5) is 8.81. The van der Waals surface area contributed by atoms with Gasteiger partial charge in [0.25, 0.3) is 0 Å². The fourth-order valence-electron chi connectivity index (χ4n) is 2.32. The van der Waals surface area contributed by atoms with Crippen molar-refractivity contribution < 1.29 is 0 Å². The second-order valence-corrected chi connectivity index (χ2v) is 5.09. The Morgan fingerprint density at radius 3 is 2.47 bits per heavy atom. The minimum Gasteiger partial charge on any atom is -0.369 e. The second-order valence-electron chi connectivity index (χ2n) is 4.65. The zero-order valence-corrected chi connectivity index (χ0v) is 11.4. The number of halogens is 1. The third-order valence-electron chi connectivity index (χ3n) is 3.35. The molecule has 1 aliphatic heterocycles. The van der Waals surface area contributed by atoms with E-state index in [1.807, 2.05) is 23.3 Å². The van der Waals surface area contributed by atoms with Crippen LogP contribution in [0.5, 0.6) is 0 Å². The number of hydrogen-bond acceptors (Lipinski definition) is 4. The highest BCUT2D eigenvalue weighted by Gasteiger charge is 2.17. The van der Waals surface area contributed by atoms with Crippen molar-refractivity contribution in [3.8, 4) is 0 Å². The number of aromatic nitrogens is 3. The Morgan fingerprint density at radius 1 is 1.11 bits per heavy atom. The maximum Gasteiger partial charge on any atom is 0.0930 e. The fraction of sp³-hybridized carbons (Fsp3) is 0.385. The molecule has 0 amide bonds. The minimum absolute atomic E-state index is 0.690. The van der Waals surface area contributed by atoms with Crippen molar-refractivity contribution in [2.75, 3.05) is 31.1 Å². The van der Waals surface area contributed by atoms with Crippen LogP contribution in [0.4, 0.5) is 5.69 Å². The van der Waals surface area contributed by atoms with E-state index in [1.165, 1.54) is 5.69 Å². The Balaban J connectivity index is 1.55. The van der Waals surface area contributed by atoms with Gasteiger partial charge in [-0.3, -0.25) is 14.6 Å². The van der Waals surface area contributed by atoms with E-state index in [9.17, 15) is 0 Å². The summed E-state index contributed by atoms with van der Waals surface area (Å²) in [6, 6.07) is 4.12. The molecule has 5 nitrogen and oxygen atoms in total. The van der Waals surface area contributed by atoms with E-state index in [0.717, 1.165) is 32.8 Å². The van der Waals surface area contributed by atoms with Gasteiger partial charge in [0, 0.05) is 50.5 Å². The van der Waals surface area contributed by atoms with Gasteiger partial charge < -0.3 is 4.90 Å². The summed E-state index contributed by atoms with van der Waals surface area (Å²) < 4.78 is 1.88. The first kappa shape index (κ1) is 12.4. The first-order valence-electron chi connectivity index (χ1n) is 6.36. The Labute approximate surface area is 117 Å². The van der Waals surface area contributed by atoms with Gasteiger partial charge in [0.1, 0.15) is 0 Å². The maximum absolute atomic E-state index is 5.87. The molecule has 0 radical (unpaired) electrons. The van der Waals surface area contributed by atoms with Gasteiger partial charge in [-0.15, -0.1) is 0 Å². The van der Waals surface area contributed by atoms with Gasteiger partial charge in [0.05, 0.1) is 17.9 Å². The minimum atomic E-state index is 0.690. The summed E-state index contributed by atoms with van der Waals surface area (Å²) in [6.07, 6.45) is 7.21. The summed E-state index contributed by atoms with van der Waals surface area (Å²) in [7, 11) is 0. The van der Waals surface area contributed by atoms with E-state index in [4.69, 9.17) is 11.6 Å². The first-order chi connectivity index (χ1) is 9.31. The highest BCUT2D eigenvalue weighted by molar-refractivity contribution is 6.30. The van der Waals surface area contributed by atoms with Crippen LogP contribution in [0.25, 0.3) is 0 Å². The van der Waals surface area contributed by atoms with E-state index in [1.54, 1.807) is 6.20 Å². The van der Waals surface area contributed by atoms with E-state index >= 15 is 0 Å². The Morgan fingerprint density at radius 2 is 1.84 bits per heavy atom. The molecule has 3 rings (SSSR count). The molecule has 0 saturated carbocycles. The number of piperazine rings is 1. The van der Waals surface area contributed by atoms with Gasteiger partial charge in [-0.25, -0.2) is 0 Å². The Bertz CT molecular complexity index is 519. The predicted molar refractivity (Wildman–Crippen MR) is 75.3 cm³/mol. The molecule has 2 aromatic rings. The molecule has 0 unspecified atom stereocenters. The molecule has 100 valence electrons. The molecule has 1 aliphatic rings. The van der Waals surface area contributed by atoms with E-state index < -0.39 is 0 Å². The third kappa shape index (κ3) is 3.05. The summed E-state index contributed by atoms with van der Waals surface area (Å²) in [5.41, 5.74) is 1.25. The monoisotopic (exact) mass is 277 g/mol. The molecule has 2 aromatic heterocycles. The number of pyridine rings is 1. The van der Waals surface area contributed by atoms with Crippen LogP contribution in [0.3, 0.4) is 0 Å². The van der Waals surface area contributed by atoms with Crippen molar-refractivity contribution in [1.29, 1.82) is 0 Å². The molecular formula is C13H16ClN5. The summed E-state index contributed by atoms with van der Waals surface area (Å²) in [6.45, 7) is 4.91. The van der Waals surface area contributed by atoms with Crippen molar-refractivity contribution in [2.24, 2.45) is 0 Å². The lowest BCUT2D eigenvalue weighted by Crippen LogP contribution is -2.46. The largest absolute Gasteiger partial charge is 0.369 e. The summed E-state index contributed by atoms with van der Waals surface area (Å²) in [5, 5.41) is 4.90. The standard InChI is InChI=1S/C13H16ClN5/c14-12-9-16-19(10-12)11-17-5-7-18(8-6-17)13-1-3-15-4-2-13/h1-4,9-10H,5-8,11H2. The molecule has 0 bridgehead atoms. The van der Waals surface area contributed by atoms with Crippen molar-refractivity contribution in [3.63, 3.8) is 0 Å². The molecule has 0 aliphatic carbocycles. The van der Waals surface area contributed by atoms with Gasteiger partial charge in [-0.05, 0) is 12.1 Å². The molecule has 0 aromatic carbocycles. The van der Waals surface area contributed by atoms with Crippen LogP contribution in [0, 0.1) is 0 Å². The molecule has 3 heterocycles. The summed E-state index contributed by atoms with van der Waals surface area (Å²) >= 11 is 5.87. The van der Waals surface area contributed by atoms with Crippen LogP contribution >= 0.6 is 11.6 Å². The van der Waals surface area contributed by atoms with Gasteiger partial charge in [-0.2, -0.15) is 5.10 Å². The van der Waals surface area contributed by atoms with Gasteiger partial charge in [0.2, 0.25) is 0 Å². The van der Waals surface area contributed by atoms with E-state index in [-0.39, 0.29) is 0 Å². The van der Waals surface area contributed by atoms with E-state index in [2.05, 4.69) is 32.0 Å². The number of anilines is 1. The molecule has 1 fully saturated rings. The van der Waals surface area contributed by atoms with Crippen molar-refractivity contribution in [3.05, 3.63) is 41.9 Å². The first-order valence-corrected chi connectivity index (χ1v) is 6.74. The molecule has 6 heteroatoms. The van der Waals surface area contributed by atoms with Crippen molar-refractivity contribution >= 4 is 17.3 Å². The molecule has 0 atom stereocenters. The van der Waals surface area contributed by atoms with Crippen LogP contribution in [0.1, 0.15) is 0 Å². The molecule has 19 heavy (non-hydrogen) atoms. The molecule has 0 N–H and O–H groups in total. The van der Waals surface area contributed by atoms with Gasteiger partial charge in [0.15, 0.2) is 0 Å². The van der Waals surface area contributed by atoms with Crippen LogP contribution in [0.15, 0.2) is 36.9 Å². The van der Waals surface area contributed by atoms with Crippen LogP contribution < -0.4 is 4.90 Å². The van der Waals surface area contributed by atoms with Crippen LogP contribution in [-0.4, -0.2) is 45.8 Å². The zero-order chi connectivity index (χ0) is 13.1. The lowest BCUT2D eigenvalue weighted by molar-refractivity contribution is 0.196. The number of rotatable bonds is 3. The average molecular weight is 278 g/mol. The molecule has 1 saturated heterocycles. The van der Waals surface area contributed by atoms with Gasteiger partial charge in [-0.1, -0.05) is 11.6 Å². The smallest absolute Gasteiger partial charge is 0.0930 e. The summed E-state index contributed by atoms with van der Waals surface area (Å²) in [5.74, 6) is 0. The average Bonchev–Trinajstić information content (AvgIpc) is 2.86. The normalized spacial score (nSPS) is 16.8. The lowest BCUT2D eigenvalue weighted by Gasteiger charge is -2.35. The second kappa shape index (κ2) is 5.59. The van der Waals surface area contributed by atoms with Crippen molar-refractivity contribution in [1.82, 2.24) is 19.7 Å². The lowest BCUT2D eigenvalue weighted by atomic mass is 10.3. The van der Waals surface area contributed by atoms with Crippen molar-refractivity contribution in [2.45, 2.75) is 6.67 Å². The molecule has 0 spiro atoms. The highest BCUT2D eigenvalue weighted by Crippen LogP contribution is 2.15. The van der Waals surface area contributed by atoms with Gasteiger partial charge >= 0.3 is 0 Å². The predicted octanol–water partition coefficient (Wildman–Crippen LogP) is 1.71. The van der Waals surface area contributed by atoms with E-state index in [0.29, 0.717) is 5.02 Å². The number of hydrogen-bond donors (Lipinski definition) is 0. The third-order valence-corrected chi connectivity index (χ3v) is 3.54.